The second-order valence-electron chi connectivity index (χ2n) is 4.31. The molecule has 0 unspecified atom stereocenters. The number of nitro groups is 1. The number of nitrogens with zero attached hydrogens (tertiary/aromatic N) is 1. The van der Waals surface area contributed by atoms with Gasteiger partial charge in [0.2, 0.25) is 0 Å². The number of aryl methyl sites for hydroxylation is 2. The minimum Gasteiger partial charge on any atom is -0.484 e. The number of hydrogen-bond donors (Lipinski definition) is 1. The number of ether oxygens (including phenoxy) is 2. The van der Waals surface area contributed by atoms with Gasteiger partial charge < -0.3 is 14.6 Å². The predicted octanol–water partition coefficient (Wildman–Crippen LogP) is 1.99. The Balaban J connectivity index is 2.80. The second kappa shape index (κ2) is 7.06. The molecule has 0 amide bonds. The van der Waals surface area contributed by atoms with E-state index < -0.39 is 11.0 Å². The van der Waals surface area contributed by atoms with Gasteiger partial charge in [0.1, 0.15) is 12.7 Å². The summed E-state index contributed by atoms with van der Waals surface area (Å²) in [5.74, 6) is 0.200. The smallest absolute Gasteiger partial charge is 0.311 e. The van der Waals surface area contributed by atoms with Crippen molar-refractivity contribution in [2.45, 2.75) is 26.9 Å². The van der Waals surface area contributed by atoms with E-state index in [-0.39, 0.29) is 24.7 Å². The maximum Gasteiger partial charge on any atom is 0.311 e. The Morgan fingerprint density at radius 2 is 2.05 bits per heavy atom. The van der Waals surface area contributed by atoms with Gasteiger partial charge in [-0.2, -0.15) is 0 Å². The molecular formula is C13H19NO5. The van der Waals surface area contributed by atoms with Gasteiger partial charge in [-0.05, 0) is 31.9 Å². The first-order valence-corrected chi connectivity index (χ1v) is 6.10. The summed E-state index contributed by atoms with van der Waals surface area (Å²) < 4.78 is 10.4. The highest BCUT2D eigenvalue weighted by Crippen LogP contribution is 2.32. The molecule has 106 valence electrons. The van der Waals surface area contributed by atoms with Crippen molar-refractivity contribution < 1.29 is 19.5 Å². The summed E-state index contributed by atoms with van der Waals surface area (Å²) in [6.07, 6.45) is -0.805. The largest absolute Gasteiger partial charge is 0.484 e. The highest BCUT2D eigenvalue weighted by molar-refractivity contribution is 5.53. The van der Waals surface area contributed by atoms with Gasteiger partial charge in [0.05, 0.1) is 11.5 Å². The van der Waals surface area contributed by atoms with Crippen molar-refractivity contribution in [3.63, 3.8) is 0 Å². The molecule has 6 nitrogen and oxygen atoms in total. The standard InChI is InChI=1S/C13H19NO5/c1-4-18-7-11(15)8-19-13-10(3)5-9(2)6-12(13)14(16)17/h5-6,11,15H,4,7-8H2,1-3H3/t11-/m0/s1. The summed E-state index contributed by atoms with van der Waals surface area (Å²) in [5, 5.41) is 20.6. The van der Waals surface area contributed by atoms with E-state index in [9.17, 15) is 15.2 Å². The quantitative estimate of drug-likeness (QED) is 0.604. The SMILES string of the molecule is CCOC[C@H](O)COc1c(C)cc(C)cc1[N+](=O)[O-]. The summed E-state index contributed by atoms with van der Waals surface area (Å²) in [6.45, 7) is 5.96. The van der Waals surface area contributed by atoms with Crippen LogP contribution >= 0.6 is 0 Å². The van der Waals surface area contributed by atoms with Crippen molar-refractivity contribution in [2.24, 2.45) is 0 Å². The third kappa shape index (κ3) is 4.50. The van der Waals surface area contributed by atoms with Crippen LogP contribution in [0.25, 0.3) is 0 Å². The van der Waals surface area contributed by atoms with Crippen LogP contribution in [-0.4, -0.2) is 36.0 Å². The highest BCUT2D eigenvalue weighted by Gasteiger charge is 2.19. The lowest BCUT2D eigenvalue weighted by Crippen LogP contribution is -2.23. The van der Waals surface area contributed by atoms with Crippen LogP contribution in [0.2, 0.25) is 0 Å². The zero-order valence-corrected chi connectivity index (χ0v) is 11.4. The van der Waals surface area contributed by atoms with Crippen LogP contribution in [0.5, 0.6) is 5.75 Å². The molecule has 0 saturated heterocycles. The Morgan fingerprint density at radius 1 is 1.37 bits per heavy atom. The van der Waals surface area contributed by atoms with Gasteiger partial charge in [-0.15, -0.1) is 0 Å². The van der Waals surface area contributed by atoms with Crippen LogP contribution in [0.3, 0.4) is 0 Å². The molecule has 6 heteroatoms. The number of rotatable bonds is 7. The molecule has 1 aromatic carbocycles. The first-order chi connectivity index (χ1) is 8.95. The number of hydrogen-bond acceptors (Lipinski definition) is 5. The molecule has 0 spiro atoms. The van der Waals surface area contributed by atoms with E-state index in [1.54, 1.807) is 19.9 Å². The molecule has 0 aliphatic carbocycles. The zero-order valence-electron chi connectivity index (χ0n) is 11.4. The summed E-state index contributed by atoms with van der Waals surface area (Å²) in [6, 6.07) is 3.26. The normalized spacial score (nSPS) is 12.2. The van der Waals surface area contributed by atoms with E-state index in [4.69, 9.17) is 9.47 Å². The minimum atomic E-state index is -0.805. The highest BCUT2D eigenvalue weighted by atomic mass is 16.6. The number of benzene rings is 1. The molecule has 0 bridgehead atoms. The van der Waals surface area contributed by atoms with Crippen molar-refractivity contribution in [3.8, 4) is 5.75 Å². The third-order valence-electron chi connectivity index (χ3n) is 2.53. The average Bonchev–Trinajstić information content (AvgIpc) is 2.34. The topological polar surface area (TPSA) is 81.8 Å². The van der Waals surface area contributed by atoms with Crippen molar-refractivity contribution in [1.82, 2.24) is 0 Å². The van der Waals surface area contributed by atoms with Crippen molar-refractivity contribution >= 4 is 5.69 Å². The Hall–Kier alpha value is -1.66. The van der Waals surface area contributed by atoms with Crippen molar-refractivity contribution in [3.05, 3.63) is 33.4 Å². The number of aliphatic hydroxyl groups excluding tert-OH is 1. The fourth-order valence-electron chi connectivity index (χ4n) is 1.74. The Labute approximate surface area is 112 Å². The average molecular weight is 269 g/mol. The van der Waals surface area contributed by atoms with Gasteiger partial charge in [-0.3, -0.25) is 10.1 Å². The molecule has 0 radical (unpaired) electrons. The zero-order chi connectivity index (χ0) is 14.4. The number of nitro benzene ring substituents is 1. The summed E-state index contributed by atoms with van der Waals surface area (Å²) >= 11 is 0. The lowest BCUT2D eigenvalue weighted by atomic mass is 10.1. The van der Waals surface area contributed by atoms with E-state index in [0.717, 1.165) is 5.56 Å². The lowest BCUT2D eigenvalue weighted by Gasteiger charge is -2.14. The molecule has 1 rings (SSSR count). The van der Waals surface area contributed by atoms with E-state index >= 15 is 0 Å². The maximum atomic E-state index is 11.0. The van der Waals surface area contributed by atoms with Crippen LogP contribution in [0.1, 0.15) is 18.1 Å². The van der Waals surface area contributed by atoms with E-state index in [2.05, 4.69) is 0 Å². The van der Waals surface area contributed by atoms with E-state index in [1.165, 1.54) is 6.07 Å². The van der Waals surface area contributed by atoms with E-state index in [0.29, 0.717) is 12.2 Å². The summed E-state index contributed by atoms with van der Waals surface area (Å²) in [7, 11) is 0. The molecule has 1 atom stereocenters. The first kappa shape index (κ1) is 15.4. The van der Waals surface area contributed by atoms with Gasteiger partial charge >= 0.3 is 5.69 Å². The van der Waals surface area contributed by atoms with Gasteiger partial charge in [-0.1, -0.05) is 6.07 Å². The van der Waals surface area contributed by atoms with Gasteiger partial charge in [-0.25, -0.2) is 0 Å². The second-order valence-corrected chi connectivity index (χ2v) is 4.31. The van der Waals surface area contributed by atoms with Crippen LogP contribution in [0.4, 0.5) is 5.69 Å². The molecule has 0 aromatic heterocycles. The van der Waals surface area contributed by atoms with Crippen LogP contribution in [-0.2, 0) is 4.74 Å². The number of aliphatic hydroxyl groups is 1. The summed E-state index contributed by atoms with van der Waals surface area (Å²) in [4.78, 5) is 10.5. The molecule has 0 aliphatic rings. The molecule has 0 aliphatic heterocycles. The molecule has 1 N–H and O–H groups in total. The maximum absolute atomic E-state index is 11.0. The molecule has 1 aromatic rings. The van der Waals surface area contributed by atoms with Crippen LogP contribution in [0.15, 0.2) is 12.1 Å². The Bertz CT molecular complexity index is 447. The fraction of sp³-hybridized carbons (Fsp3) is 0.538. The van der Waals surface area contributed by atoms with Gasteiger partial charge in [0.15, 0.2) is 5.75 Å². The van der Waals surface area contributed by atoms with Gasteiger partial charge in [0, 0.05) is 12.7 Å². The molecule has 0 saturated carbocycles. The first-order valence-electron chi connectivity index (χ1n) is 6.10. The molecule has 0 heterocycles. The van der Waals surface area contributed by atoms with E-state index in [1.807, 2.05) is 6.92 Å². The monoisotopic (exact) mass is 269 g/mol. The van der Waals surface area contributed by atoms with Gasteiger partial charge in [0.25, 0.3) is 0 Å². The van der Waals surface area contributed by atoms with Crippen molar-refractivity contribution in [2.75, 3.05) is 19.8 Å². The Kier molecular flexibility index (Phi) is 5.72. The Morgan fingerprint density at radius 3 is 2.63 bits per heavy atom. The lowest BCUT2D eigenvalue weighted by molar-refractivity contribution is -0.386. The minimum absolute atomic E-state index is 0.0370. The van der Waals surface area contributed by atoms with Crippen molar-refractivity contribution in [1.29, 1.82) is 0 Å². The van der Waals surface area contributed by atoms with Crippen LogP contribution in [0, 0.1) is 24.0 Å². The third-order valence-corrected chi connectivity index (χ3v) is 2.53. The predicted molar refractivity (Wildman–Crippen MR) is 70.6 cm³/mol. The molecule has 19 heavy (non-hydrogen) atoms. The van der Waals surface area contributed by atoms with Crippen LogP contribution < -0.4 is 4.74 Å². The summed E-state index contributed by atoms with van der Waals surface area (Å²) in [5.41, 5.74) is 1.39. The molecular weight excluding hydrogens is 250 g/mol. The molecule has 0 fully saturated rings. The fourth-order valence-corrected chi connectivity index (χ4v) is 1.74.